The van der Waals surface area contributed by atoms with Crippen LogP contribution in [0.25, 0.3) is 16.3 Å². The van der Waals surface area contributed by atoms with Crippen molar-refractivity contribution in [1.29, 1.82) is 0 Å². The summed E-state index contributed by atoms with van der Waals surface area (Å²) in [6, 6.07) is 4.87. The molecule has 1 aromatic carbocycles. The Morgan fingerprint density at radius 3 is 2.95 bits per heavy atom. The second kappa shape index (κ2) is 3.99. The standard InChI is InChI=1S/C10H8N6O2S/c1-5-2-3-6(4-7(5)16(17)18)8-12-13-10-15(8)14-9(11)19-10/h2-4H,1H3,(H2,11,14). The van der Waals surface area contributed by atoms with Crippen molar-refractivity contribution in [3.05, 3.63) is 33.9 Å². The van der Waals surface area contributed by atoms with Crippen LogP contribution in [-0.2, 0) is 0 Å². The highest BCUT2D eigenvalue weighted by atomic mass is 32.1. The van der Waals surface area contributed by atoms with Gasteiger partial charge in [-0.05, 0) is 6.92 Å². The number of nitrogens with zero attached hydrogens (tertiary/aromatic N) is 5. The van der Waals surface area contributed by atoms with E-state index in [-0.39, 0.29) is 5.69 Å². The predicted octanol–water partition coefficient (Wildman–Crippen LogP) is 1.65. The molecule has 0 fully saturated rings. The lowest BCUT2D eigenvalue weighted by molar-refractivity contribution is -0.385. The lowest BCUT2D eigenvalue weighted by Crippen LogP contribution is -1.95. The molecule has 0 radical (unpaired) electrons. The number of rotatable bonds is 2. The molecule has 19 heavy (non-hydrogen) atoms. The number of hydrogen-bond acceptors (Lipinski definition) is 7. The summed E-state index contributed by atoms with van der Waals surface area (Å²) in [5.41, 5.74) is 6.80. The van der Waals surface area contributed by atoms with E-state index in [1.807, 2.05) is 0 Å². The number of anilines is 1. The minimum Gasteiger partial charge on any atom is -0.374 e. The molecule has 0 saturated heterocycles. The van der Waals surface area contributed by atoms with Crippen molar-refractivity contribution in [2.75, 3.05) is 5.73 Å². The molecule has 0 unspecified atom stereocenters. The average molecular weight is 276 g/mol. The fourth-order valence-corrected chi connectivity index (χ4v) is 2.36. The number of aryl methyl sites for hydroxylation is 1. The van der Waals surface area contributed by atoms with E-state index in [4.69, 9.17) is 5.73 Å². The molecule has 0 aliphatic heterocycles. The fourth-order valence-electron chi connectivity index (χ4n) is 1.76. The molecule has 0 bridgehead atoms. The largest absolute Gasteiger partial charge is 0.374 e. The molecule has 0 amide bonds. The van der Waals surface area contributed by atoms with Gasteiger partial charge in [0, 0.05) is 17.2 Å². The van der Waals surface area contributed by atoms with Crippen LogP contribution in [0.5, 0.6) is 0 Å². The number of aromatic nitrogens is 4. The van der Waals surface area contributed by atoms with Gasteiger partial charge in [-0.2, -0.15) is 4.52 Å². The van der Waals surface area contributed by atoms with Gasteiger partial charge in [-0.3, -0.25) is 10.1 Å². The van der Waals surface area contributed by atoms with Crippen LogP contribution in [0.3, 0.4) is 0 Å². The van der Waals surface area contributed by atoms with Gasteiger partial charge < -0.3 is 5.73 Å². The smallest absolute Gasteiger partial charge is 0.273 e. The Labute approximate surface area is 110 Å². The molecule has 3 rings (SSSR count). The van der Waals surface area contributed by atoms with Gasteiger partial charge in [-0.1, -0.05) is 23.5 Å². The number of benzene rings is 1. The van der Waals surface area contributed by atoms with Crippen molar-refractivity contribution in [2.24, 2.45) is 0 Å². The van der Waals surface area contributed by atoms with Crippen LogP contribution in [0.4, 0.5) is 10.8 Å². The van der Waals surface area contributed by atoms with E-state index in [9.17, 15) is 10.1 Å². The van der Waals surface area contributed by atoms with Gasteiger partial charge in [-0.25, -0.2) is 0 Å². The summed E-state index contributed by atoms with van der Waals surface area (Å²) in [4.78, 5) is 11.1. The Morgan fingerprint density at radius 1 is 1.42 bits per heavy atom. The van der Waals surface area contributed by atoms with Crippen molar-refractivity contribution in [1.82, 2.24) is 19.8 Å². The highest BCUT2D eigenvalue weighted by molar-refractivity contribution is 7.20. The van der Waals surface area contributed by atoms with Crippen LogP contribution in [0, 0.1) is 17.0 Å². The quantitative estimate of drug-likeness (QED) is 0.562. The lowest BCUT2D eigenvalue weighted by Gasteiger charge is -2.00. The molecule has 3 aromatic rings. The van der Waals surface area contributed by atoms with E-state index < -0.39 is 4.92 Å². The minimum atomic E-state index is -0.424. The molecule has 0 atom stereocenters. The van der Waals surface area contributed by atoms with Crippen LogP contribution >= 0.6 is 11.3 Å². The second-order valence-corrected chi connectivity index (χ2v) is 4.90. The number of nitro benzene ring substituents is 1. The van der Waals surface area contributed by atoms with Crippen LogP contribution < -0.4 is 5.73 Å². The Morgan fingerprint density at radius 2 is 2.21 bits per heavy atom. The monoisotopic (exact) mass is 276 g/mol. The average Bonchev–Trinajstić information content (AvgIpc) is 2.88. The summed E-state index contributed by atoms with van der Waals surface area (Å²) in [5.74, 6) is 0.436. The third-order valence-electron chi connectivity index (χ3n) is 2.67. The summed E-state index contributed by atoms with van der Waals surface area (Å²) in [5, 5.41) is 23.3. The SMILES string of the molecule is Cc1ccc(-c2nnc3sc(N)nn23)cc1[N+](=O)[O-]. The second-order valence-electron chi connectivity index (χ2n) is 3.92. The molecular formula is C10H8N6O2S. The maximum Gasteiger partial charge on any atom is 0.273 e. The Balaban J connectivity index is 2.21. The van der Waals surface area contributed by atoms with Gasteiger partial charge in [0.25, 0.3) is 5.69 Å². The van der Waals surface area contributed by atoms with Crippen molar-refractivity contribution >= 4 is 27.1 Å². The highest BCUT2D eigenvalue weighted by Gasteiger charge is 2.17. The van der Waals surface area contributed by atoms with Gasteiger partial charge in [0.05, 0.1) is 4.92 Å². The number of hydrogen-bond donors (Lipinski definition) is 1. The zero-order valence-electron chi connectivity index (χ0n) is 9.77. The first-order valence-electron chi connectivity index (χ1n) is 5.29. The first kappa shape index (κ1) is 11.5. The maximum atomic E-state index is 10.9. The van der Waals surface area contributed by atoms with E-state index in [2.05, 4.69) is 15.3 Å². The van der Waals surface area contributed by atoms with Gasteiger partial charge in [0.15, 0.2) is 5.82 Å². The zero-order chi connectivity index (χ0) is 13.6. The molecule has 0 aliphatic carbocycles. The lowest BCUT2D eigenvalue weighted by atomic mass is 10.1. The third-order valence-corrected chi connectivity index (χ3v) is 3.40. The summed E-state index contributed by atoms with van der Waals surface area (Å²) in [6.07, 6.45) is 0. The number of nitrogens with two attached hydrogens (primary N) is 1. The molecule has 96 valence electrons. The van der Waals surface area contributed by atoms with Crippen LogP contribution in [0.2, 0.25) is 0 Å². The molecule has 2 N–H and O–H groups in total. The van der Waals surface area contributed by atoms with Crippen molar-refractivity contribution < 1.29 is 4.92 Å². The van der Waals surface area contributed by atoms with Gasteiger partial charge in [0.2, 0.25) is 10.1 Å². The third kappa shape index (κ3) is 1.80. The molecule has 9 heteroatoms. The highest BCUT2D eigenvalue weighted by Crippen LogP contribution is 2.27. The van der Waals surface area contributed by atoms with Gasteiger partial charge in [0.1, 0.15) is 0 Å². The normalized spacial score (nSPS) is 11.0. The number of fused-ring (bicyclic) bond motifs is 1. The van der Waals surface area contributed by atoms with Crippen LogP contribution in [0.15, 0.2) is 18.2 Å². The van der Waals surface area contributed by atoms with E-state index in [0.29, 0.717) is 27.0 Å². The molecule has 2 heterocycles. The fraction of sp³-hybridized carbons (Fsp3) is 0.100. The van der Waals surface area contributed by atoms with Crippen LogP contribution in [0.1, 0.15) is 5.56 Å². The first-order valence-corrected chi connectivity index (χ1v) is 6.11. The molecule has 0 spiro atoms. The van der Waals surface area contributed by atoms with Crippen molar-refractivity contribution in [2.45, 2.75) is 6.92 Å². The van der Waals surface area contributed by atoms with E-state index in [0.717, 1.165) is 0 Å². The molecular weight excluding hydrogens is 268 g/mol. The molecule has 8 nitrogen and oxygen atoms in total. The summed E-state index contributed by atoms with van der Waals surface area (Å²) >= 11 is 1.20. The summed E-state index contributed by atoms with van der Waals surface area (Å²) in [7, 11) is 0. The van der Waals surface area contributed by atoms with Crippen LogP contribution in [-0.4, -0.2) is 24.7 Å². The van der Waals surface area contributed by atoms with E-state index >= 15 is 0 Å². The Bertz CT molecular complexity index is 793. The van der Waals surface area contributed by atoms with E-state index in [1.54, 1.807) is 19.1 Å². The Kier molecular flexibility index (Phi) is 2.42. The maximum absolute atomic E-state index is 10.9. The molecule has 0 aliphatic rings. The van der Waals surface area contributed by atoms with Gasteiger partial charge >= 0.3 is 0 Å². The minimum absolute atomic E-state index is 0.0393. The van der Waals surface area contributed by atoms with Gasteiger partial charge in [-0.15, -0.1) is 15.3 Å². The number of nitrogen functional groups attached to an aromatic ring is 1. The Hall–Kier alpha value is -2.55. The van der Waals surface area contributed by atoms with E-state index in [1.165, 1.54) is 21.9 Å². The summed E-state index contributed by atoms with van der Waals surface area (Å²) < 4.78 is 1.48. The molecule has 0 saturated carbocycles. The summed E-state index contributed by atoms with van der Waals surface area (Å²) in [6.45, 7) is 1.68. The zero-order valence-corrected chi connectivity index (χ0v) is 10.6. The van der Waals surface area contributed by atoms with Crippen molar-refractivity contribution in [3.8, 4) is 11.4 Å². The first-order chi connectivity index (χ1) is 9.06. The predicted molar refractivity (Wildman–Crippen MR) is 69.9 cm³/mol. The van der Waals surface area contributed by atoms with Crippen molar-refractivity contribution in [3.63, 3.8) is 0 Å². The topological polar surface area (TPSA) is 112 Å². The number of nitro groups is 1. The molecule has 2 aromatic heterocycles.